The number of aromatic amines is 1. The maximum atomic E-state index is 4.39. The van der Waals surface area contributed by atoms with Crippen LogP contribution in [0.3, 0.4) is 0 Å². The van der Waals surface area contributed by atoms with Crippen LogP contribution in [-0.4, -0.2) is 4.98 Å². The lowest BCUT2D eigenvalue weighted by Gasteiger charge is -2.09. The maximum Gasteiger partial charge on any atom is 0.0464 e. The summed E-state index contributed by atoms with van der Waals surface area (Å²) in [5.41, 5.74) is 9.80. The second kappa shape index (κ2) is 5.89. The molecule has 3 aromatic carbocycles. The minimum atomic E-state index is 0.964. The Kier molecular flexibility index (Phi) is 3.39. The molecule has 0 bridgehead atoms. The second-order valence-electron chi connectivity index (χ2n) is 6.87. The molecule has 26 heavy (non-hydrogen) atoms. The Balaban J connectivity index is 1.49. The van der Waals surface area contributed by atoms with Gasteiger partial charge in [-0.3, -0.25) is 0 Å². The molecule has 0 saturated carbocycles. The number of allylic oxidation sites excluding steroid dienone is 2. The van der Waals surface area contributed by atoms with Gasteiger partial charge in [0.1, 0.15) is 0 Å². The second-order valence-corrected chi connectivity index (χ2v) is 6.87. The van der Waals surface area contributed by atoms with Crippen LogP contribution < -0.4 is 0 Å². The fourth-order valence-electron chi connectivity index (χ4n) is 3.76. The van der Waals surface area contributed by atoms with Crippen molar-refractivity contribution in [2.75, 3.05) is 0 Å². The van der Waals surface area contributed by atoms with Crippen LogP contribution in [0.15, 0.2) is 91.0 Å². The monoisotopic (exact) mass is 333 g/mol. The van der Waals surface area contributed by atoms with Gasteiger partial charge in [0, 0.05) is 16.6 Å². The molecule has 0 spiro atoms. The third kappa shape index (κ3) is 2.49. The van der Waals surface area contributed by atoms with Crippen LogP contribution in [-0.2, 0) is 6.42 Å². The highest BCUT2D eigenvalue weighted by Crippen LogP contribution is 2.34. The average molecular weight is 333 g/mol. The number of rotatable bonds is 3. The molecule has 0 amide bonds. The first-order valence-electron chi connectivity index (χ1n) is 8.94. The van der Waals surface area contributed by atoms with Gasteiger partial charge < -0.3 is 4.98 Å². The van der Waals surface area contributed by atoms with E-state index in [-0.39, 0.29) is 0 Å². The molecule has 0 atom stereocenters. The van der Waals surface area contributed by atoms with E-state index in [0.29, 0.717) is 0 Å². The molecule has 1 heteroatoms. The van der Waals surface area contributed by atoms with Gasteiger partial charge in [-0.15, -0.1) is 0 Å². The number of aromatic nitrogens is 1. The molecule has 0 radical (unpaired) electrons. The van der Waals surface area contributed by atoms with E-state index in [1.165, 1.54) is 38.7 Å². The number of benzene rings is 3. The smallest absolute Gasteiger partial charge is 0.0464 e. The van der Waals surface area contributed by atoms with E-state index < -0.39 is 0 Å². The Hall–Kier alpha value is -3.32. The summed E-state index contributed by atoms with van der Waals surface area (Å²) in [6, 6.07) is 27.8. The van der Waals surface area contributed by atoms with Crippen LogP contribution in [0.1, 0.15) is 16.7 Å². The molecule has 0 fully saturated rings. The molecular weight excluding hydrogens is 314 g/mol. The first-order valence-corrected chi connectivity index (χ1v) is 8.94. The number of hydrogen-bond donors (Lipinski definition) is 1. The third-order valence-electron chi connectivity index (χ3n) is 5.21. The lowest BCUT2D eigenvalue weighted by atomic mass is 9.96. The van der Waals surface area contributed by atoms with E-state index >= 15 is 0 Å². The number of fused-ring (bicyclic) bond motifs is 2. The van der Waals surface area contributed by atoms with Gasteiger partial charge in [0.2, 0.25) is 0 Å². The maximum absolute atomic E-state index is 4.39. The molecule has 5 rings (SSSR count). The average Bonchev–Trinajstić information content (AvgIpc) is 3.31. The highest BCUT2D eigenvalue weighted by atomic mass is 14.7. The summed E-state index contributed by atoms with van der Waals surface area (Å²) in [6.45, 7) is 4.39. The van der Waals surface area contributed by atoms with Crippen molar-refractivity contribution < 1.29 is 0 Å². The Bertz CT molecular complexity index is 1140. The lowest BCUT2D eigenvalue weighted by Crippen LogP contribution is -1.90. The Labute approximate surface area is 153 Å². The summed E-state index contributed by atoms with van der Waals surface area (Å²) in [6.07, 6.45) is 3.24. The molecule has 1 aromatic heterocycles. The normalized spacial score (nSPS) is 12.8. The van der Waals surface area contributed by atoms with Gasteiger partial charge in [-0.25, -0.2) is 0 Å². The summed E-state index contributed by atoms with van der Waals surface area (Å²) >= 11 is 0. The molecule has 0 unspecified atom stereocenters. The zero-order valence-corrected chi connectivity index (χ0v) is 14.5. The van der Waals surface area contributed by atoms with Crippen molar-refractivity contribution >= 4 is 22.6 Å². The van der Waals surface area contributed by atoms with E-state index in [2.05, 4.69) is 96.5 Å². The molecule has 1 aliphatic carbocycles. The molecule has 1 nitrogen and oxygen atoms in total. The van der Waals surface area contributed by atoms with Gasteiger partial charge >= 0.3 is 0 Å². The van der Waals surface area contributed by atoms with Gasteiger partial charge in [0.25, 0.3) is 0 Å². The predicted molar refractivity (Wildman–Crippen MR) is 111 cm³/mol. The summed E-state index contributed by atoms with van der Waals surface area (Å²) < 4.78 is 0. The molecule has 4 aromatic rings. The van der Waals surface area contributed by atoms with Crippen LogP contribution in [0.25, 0.3) is 33.8 Å². The minimum Gasteiger partial charge on any atom is -0.355 e. The number of hydrogen-bond acceptors (Lipinski definition) is 0. The van der Waals surface area contributed by atoms with E-state index in [1.807, 2.05) is 0 Å². The van der Waals surface area contributed by atoms with Crippen molar-refractivity contribution in [3.63, 3.8) is 0 Å². The van der Waals surface area contributed by atoms with E-state index in [1.54, 1.807) is 0 Å². The van der Waals surface area contributed by atoms with E-state index in [0.717, 1.165) is 17.7 Å². The van der Waals surface area contributed by atoms with E-state index in [4.69, 9.17) is 0 Å². The van der Waals surface area contributed by atoms with Crippen LogP contribution in [0.5, 0.6) is 0 Å². The predicted octanol–water partition coefficient (Wildman–Crippen LogP) is 6.49. The summed E-state index contributed by atoms with van der Waals surface area (Å²) in [5.74, 6) is 0. The molecule has 1 N–H and O–H groups in total. The van der Waals surface area contributed by atoms with Gasteiger partial charge in [0.05, 0.1) is 0 Å². The number of H-pyrrole nitrogens is 1. The van der Waals surface area contributed by atoms with Crippen LogP contribution >= 0.6 is 0 Å². The molecular formula is C25H19N. The lowest BCUT2D eigenvalue weighted by molar-refractivity contribution is 1.25. The highest BCUT2D eigenvalue weighted by molar-refractivity contribution is 5.89. The van der Waals surface area contributed by atoms with Gasteiger partial charge in [-0.2, -0.15) is 0 Å². The third-order valence-corrected chi connectivity index (χ3v) is 5.21. The first kappa shape index (κ1) is 15.0. The fraction of sp³-hybridized carbons (Fsp3) is 0.0400. The SMILES string of the molecule is C=C(C1=Cc2ccccc2C1)c1cccc(-c2cc3ccccc3[nH]2)c1. The number of nitrogens with one attached hydrogen (secondary N) is 1. The van der Waals surface area contributed by atoms with Gasteiger partial charge in [0.15, 0.2) is 0 Å². The molecule has 124 valence electrons. The standard InChI is InChI=1S/C25H19N/c1-17(23-14-19-7-2-3-8-20(19)15-23)18-10-6-11-21(13-18)25-16-22-9-4-5-12-24(22)26-25/h2-14,16,26H,1,15H2. The van der Waals surface area contributed by atoms with Crippen LogP contribution in [0.4, 0.5) is 0 Å². The Morgan fingerprint density at radius 3 is 2.58 bits per heavy atom. The van der Waals surface area contributed by atoms with E-state index in [9.17, 15) is 0 Å². The van der Waals surface area contributed by atoms with Crippen LogP contribution in [0, 0.1) is 0 Å². The van der Waals surface area contributed by atoms with Crippen molar-refractivity contribution in [3.8, 4) is 11.3 Å². The summed E-state index contributed by atoms with van der Waals surface area (Å²) in [4.78, 5) is 3.52. The highest BCUT2D eigenvalue weighted by Gasteiger charge is 2.15. The van der Waals surface area contributed by atoms with Crippen molar-refractivity contribution in [2.45, 2.75) is 6.42 Å². The van der Waals surface area contributed by atoms with Gasteiger partial charge in [-0.1, -0.05) is 73.3 Å². The molecule has 0 saturated heterocycles. The van der Waals surface area contributed by atoms with Crippen LogP contribution in [0.2, 0.25) is 0 Å². The molecule has 1 heterocycles. The first-order chi connectivity index (χ1) is 12.8. The van der Waals surface area contributed by atoms with Crippen molar-refractivity contribution in [2.24, 2.45) is 0 Å². The molecule has 1 aliphatic rings. The topological polar surface area (TPSA) is 15.8 Å². The summed E-state index contributed by atoms with van der Waals surface area (Å²) in [5, 5.41) is 1.24. The Morgan fingerprint density at radius 1 is 0.846 bits per heavy atom. The zero-order valence-electron chi connectivity index (χ0n) is 14.5. The van der Waals surface area contributed by atoms with Crippen molar-refractivity contribution in [1.29, 1.82) is 0 Å². The quantitative estimate of drug-likeness (QED) is 0.441. The van der Waals surface area contributed by atoms with Crippen molar-refractivity contribution in [1.82, 2.24) is 4.98 Å². The molecule has 0 aliphatic heterocycles. The van der Waals surface area contributed by atoms with Gasteiger partial charge in [-0.05, 0) is 58.0 Å². The summed E-state index contributed by atoms with van der Waals surface area (Å²) in [7, 11) is 0. The Morgan fingerprint density at radius 2 is 1.69 bits per heavy atom. The number of para-hydroxylation sites is 1. The minimum absolute atomic E-state index is 0.964. The largest absolute Gasteiger partial charge is 0.355 e. The van der Waals surface area contributed by atoms with Crippen molar-refractivity contribution in [3.05, 3.63) is 108 Å². The zero-order chi connectivity index (χ0) is 17.5. The fourth-order valence-corrected chi connectivity index (χ4v) is 3.76.